The molecule has 1 saturated carbocycles. The highest BCUT2D eigenvalue weighted by molar-refractivity contribution is 6.04. The first-order chi connectivity index (χ1) is 12.2. The number of likely N-dealkylation sites (tertiary alicyclic amines) is 1. The molecule has 2 aliphatic rings. The van der Waals surface area contributed by atoms with Crippen LogP contribution in [0.15, 0.2) is 48.5 Å². The summed E-state index contributed by atoms with van der Waals surface area (Å²) in [6, 6.07) is 16.0. The zero-order valence-electron chi connectivity index (χ0n) is 14.3. The molecule has 25 heavy (non-hydrogen) atoms. The molecule has 0 unspecified atom stereocenters. The largest absolute Gasteiger partial charge is 0.392 e. The Balaban J connectivity index is 1.40. The minimum Gasteiger partial charge on any atom is -0.392 e. The van der Waals surface area contributed by atoms with Gasteiger partial charge in [0.2, 0.25) is 0 Å². The lowest BCUT2D eigenvalue weighted by Crippen LogP contribution is -2.31. The zero-order valence-corrected chi connectivity index (χ0v) is 14.3. The van der Waals surface area contributed by atoms with Crippen molar-refractivity contribution in [2.24, 2.45) is 5.92 Å². The first-order valence-electron chi connectivity index (χ1n) is 9.06. The average Bonchev–Trinajstić information content (AvgIpc) is 3.26. The molecule has 2 bridgehead atoms. The summed E-state index contributed by atoms with van der Waals surface area (Å²) in [5.74, 6) is 0.759. The zero-order chi connectivity index (χ0) is 17.2. The number of carbonyl (C=O) groups excluding carboxylic acids is 1. The van der Waals surface area contributed by atoms with Crippen molar-refractivity contribution in [2.45, 2.75) is 38.5 Å². The summed E-state index contributed by atoms with van der Waals surface area (Å²) < 4.78 is 0. The summed E-state index contributed by atoms with van der Waals surface area (Å²) in [5.41, 5.74) is 3.28. The summed E-state index contributed by atoms with van der Waals surface area (Å²) in [5, 5.41) is 12.2. The summed E-state index contributed by atoms with van der Waals surface area (Å²) in [7, 11) is 0. The molecule has 2 aromatic rings. The Kier molecular flexibility index (Phi) is 4.55. The predicted molar refractivity (Wildman–Crippen MR) is 98.3 cm³/mol. The number of carbonyl (C=O) groups is 1. The molecule has 1 aliphatic carbocycles. The SMILES string of the molecule is O=C(Nc1ccccc1CO)c1ccc(CN2C[C@H]3CC[C@H]2C3)cc1. The number of nitrogens with zero attached hydrogens (tertiary/aromatic N) is 1. The first kappa shape index (κ1) is 16.3. The highest BCUT2D eigenvalue weighted by atomic mass is 16.3. The highest BCUT2D eigenvalue weighted by Gasteiger charge is 2.37. The van der Waals surface area contributed by atoms with E-state index in [0.29, 0.717) is 11.3 Å². The number of amides is 1. The van der Waals surface area contributed by atoms with Crippen LogP contribution in [-0.4, -0.2) is 28.5 Å². The Morgan fingerprint density at radius 1 is 1.12 bits per heavy atom. The molecule has 0 aromatic heterocycles. The number of piperidine rings is 1. The van der Waals surface area contributed by atoms with Crippen molar-refractivity contribution in [1.82, 2.24) is 4.90 Å². The molecule has 1 heterocycles. The first-order valence-corrected chi connectivity index (χ1v) is 9.06. The molecule has 0 radical (unpaired) electrons. The number of nitrogens with one attached hydrogen (secondary N) is 1. The van der Waals surface area contributed by atoms with Crippen molar-refractivity contribution >= 4 is 11.6 Å². The number of aliphatic hydroxyl groups excluding tert-OH is 1. The van der Waals surface area contributed by atoms with Gasteiger partial charge in [0.1, 0.15) is 0 Å². The van der Waals surface area contributed by atoms with Gasteiger partial charge in [-0.15, -0.1) is 0 Å². The van der Waals surface area contributed by atoms with Gasteiger partial charge in [-0.1, -0.05) is 30.3 Å². The fraction of sp³-hybridized carbons (Fsp3) is 0.381. The molecular weight excluding hydrogens is 312 g/mol. The smallest absolute Gasteiger partial charge is 0.255 e. The van der Waals surface area contributed by atoms with E-state index in [-0.39, 0.29) is 12.5 Å². The lowest BCUT2D eigenvalue weighted by Gasteiger charge is -2.26. The van der Waals surface area contributed by atoms with E-state index in [1.807, 2.05) is 30.3 Å². The van der Waals surface area contributed by atoms with E-state index in [1.54, 1.807) is 6.07 Å². The van der Waals surface area contributed by atoms with Crippen LogP contribution in [0, 0.1) is 5.92 Å². The Morgan fingerprint density at radius 2 is 1.92 bits per heavy atom. The van der Waals surface area contributed by atoms with Gasteiger partial charge in [0.15, 0.2) is 0 Å². The molecule has 1 amide bonds. The van der Waals surface area contributed by atoms with Gasteiger partial charge in [0.05, 0.1) is 6.61 Å². The minimum atomic E-state index is -0.146. The molecule has 2 N–H and O–H groups in total. The van der Waals surface area contributed by atoms with Crippen molar-refractivity contribution in [3.8, 4) is 0 Å². The number of aliphatic hydroxyl groups is 1. The van der Waals surface area contributed by atoms with Gasteiger partial charge in [0.25, 0.3) is 5.91 Å². The molecule has 4 heteroatoms. The van der Waals surface area contributed by atoms with Crippen LogP contribution in [0.5, 0.6) is 0 Å². The number of para-hydroxylation sites is 1. The molecule has 1 saturated heterocycles. The summed E-state index contributed by atoms with van der Waals surface area (Å²) >= 11 is 0. The van der Waals surface area contributed by atoms with Crippen LogP contribution in [0.1, 0.15) is 40.7 Å². The minimum absolute atomic E-state index is 0.0899. The van der Waals surface area contributed by atoms with Crippen molar-refractivity contribution in [2.75, 3.05) is 11.9 Å². The topological polar surface area (TPSA) is 52.6 Å². The van der Waals surface area contributed by atoms with E-state index in [4.69, 9.17) is 0 Å². The van der Waals surface area contributed by atoms with E-state index in [9.17, 15) is 9.90 Å². The Bertz CT molecular complexity index is 757. The van der Waals surface area contributed by atoms with E-state index in [2.05, 4.69) is 22.3 Å². The van der Waals surface area contributed by atoms with Gasteiger partial charge >= 0.3 is 0 Å². The maximum atomic E-state index is 12.4. The third-order valence-corrected chi connectivity index (χ3v) is 5.56. The van der Waals surface area contributed by atoms with Crippen LogP contribution in [0.3, 0.4) is 0 Å². The van der Waals surface area contributed by atoms with Crippen LogP contribution >= 0.6 is 0 Å². The molecule has 1 aliphatic heterocycles. The lowest BCUT2D eigenvalue weighted by atomic mass is 10.1. The maximum absolute atomic E-state index is 12.4. The average molecular weight is 336 g/mol. The molecule has 130 valence electrons. The summed E-state index contributed by atoms with van der Waals surface area (Å²) in [4.78, 5) is 15.0. The second kappa shape index (κ2) is 6.98. The lowest BCUT2D eigenvalue weighted by molar-refractivity contribution is 0.102. The van der Waals surface area contributed by atoms with Gasteiger partial charge in [-0.2, -0.15) is 0 Å². The Morgan fingerprint density at radius 3 is 2.60 bits per heavy atom. The van der Waals surface area contributed by atoms with Crippen molar-refractivity contribution in [3.63, 3.8) is 0 Å². The molecule has 4 rings (SSSR count). The van der Waals surface area contributed by atoms with Crippen LogP contribution in [0.25, 0.3) is 0 Å². The molecule has 2 atom stereocenters. The summed E-state index contributed by atoms with van der Waals surface area (Å²) in [6.45, 7) is 2.12. The molecule has 0 spiro atoms. The van der Waals surface area contributed by atoms with Gasteiger partial charge in [-0.05, 0) is 48.9 Å². The summed E-state index contributed by atoms with van der Waals surface area (Å²) in [6.07, 6.45) is 4.11. The molecule has 2 fully saturated rings. The van der Waals surface area contributed by atoms with E-state index < -0.39 is 0 Å². The number of hydrogen-bond acceptors (Lipinski definition) is 3. The predicted octanol–water partition coefficient (Wildman–Crippen LogP) is 3.42. The fourth-order valence-corrected chi connectivity index (χ4v) is 4.19. The van der Waals surface area contributed by atoms with Crippen LogP contribution < -0.4 is 5.32 Å². The monoisotopic (exact) mass is 336 g/mol. The second-order valence-corrected chi connectivity index (χ2v) is 7.23. The number of hydrogen-bond donors (Lipinski definition) is 2. The van der Waals surface area contributed by atoms with Crippen LogP contribution in [0.4, 0.5) is 5.69 Å². The number of anilines is 1. The van der Waals surface area contributed by atoms with E-state index >= 15 is 0 Å². The van der Waals surface area contributed by atoms with Crippen molar-refractivity contribution < 1.29 is 9.90 Å². The molecule has 2 aromatic carbocycles. The van der Waals surface area contributed by atoms with Crippen LogP contribution in [-0.2, 0) is 13.2 Å². The fourth-order valence-electron chi connectivity index (χ4n) is 4.19. The number of benzene rings is 2. The van der Waals surface area contributed by atoms with Gasteiger partial charge < -0.3 is 10.4 Å². The molecular formula is C21H24N2O2. The quantitative estimate of drug-likeness (QED) is 0.880. The molecule has 4 nitrogen and oxygen atoms in total. The second-order valence-electron chi connectivity index (χ2n) is 7.23. The van der Waals surface area contributed by atoms with Gasteiger partial charge in [-0.3, -0.25) is 9.69 Å². The van der Waals surface area contributed by atoms with Gasteiger partial charge in [-0.25, -0.2) is 0 Å². The number of rotatable bonds is 5. The van der Waals surface area contributed by atoms with E-state index in [1.165, 1.54) is 31.4 Å². The Hall–Kier alpha value is -2.17. The van der Waals surface area contributed by atoms with Crippen molar-refractivity contribution in [1.29, 1.82) is 0 Å². The van der Waals surface area contributed by atoms with Crippen molar-refractivity contribution in [3.05, 3.63) is 65.2 Å². The van der Waals surface area contributed by atoms with E-state index in [0.717, 1.165) is 24.1 Å². The Labute approximate surface area is 148 Å². The highest BCUT2D eigenvalue weighted by Crippen LogP contribution is 2.38. The normalized spacial score (nSPS) is 22.3. The third-order valence-electron chi connectivity index (χ3n) is 5.56. The maximum Gasteiger partial charge on any atom is 0.255 e. The number of fused-ring (bicyclic) bond motifs is 2. The van der Waals surface area contributed by atoms with Crippen LogP contribution in [0.2, 0.25) is 0 Å². The third kappa shape index (κ3) is 3.46. The van der Waals surface area contributed by atoms with Gasteiger partial charge in [0, 0.05) is 35.9 Å². The standard InChI is InChI=1S/C21H24N2O2/c24-14-18-3-1-2-4-20(18)22-21(25)17-8-5-15(6-9-17)12-23-13-16-7-10-19(23)11-16/h1-6,8-9,16,19,24H,7,10-14H2,(H,22,25)/t16-,19-/m0/s1.